The highest BCUT2D eigenvalue weighted by atomic mass is 19.1. The van der Waals surface area contributed by atoms with E-state index in [1.807, 2.05) is 0 Å². The number of anilines is 1. The smallest absolute Gasteiger partial charge is 0.233 e. The van der Waals surface area contributed by atoms with Gasteiger partial charge in [0.25, 0.3) is 0 Å². The molecule has 1 amide bonds. The van der Waals surface area contributed by atoms with Crippen molar-refractivity contribution in [2.75, 3.05) is 4.90 Å². The summed E-state index contributed by atoms with van der Waals surface area (Å²) in [5.74, 6) is -2.93. The molecule has 1 aliphatic heterocycles. The zero-order chi connectivity index (χ0) is 24.7. The Kier molecular flexibility index (Phi) is 4.28. The van der Waals surface area contributed by atoms with Crippen LogP contribution >= 0.6 is 0 Å². The molecule has 1 fully saturated rings. The normalized spacial score (nSPS) is 21.3. The molecule has 1 saturated heterocycles. The number of hydrogen-bond acceptors (Lipinski definition) is 3. The van der Waals surface area contributed by atoms with Crippen LogP contribution in [0.15, 0.2) is 72.7 Å². The summed E-state index contributed by atoms with van der Waals surface area (Å²) < 4.78 is 59.2. The number of phenols is 1. The SMILES string of the molecule is [2H]c1c([2H])c([C@@H]2[C@@H](CC[C@H](O)c3ccc(F)cc3)C(=O)N2c2ccc(F)cc2)c([2H])c([2H])c1O. The standard InChI is InChI=1S/C24H21F2NO3/c25-17-5-1-15(2-6-17)22(29)14-13-21-23(16-3-11-20(28)12-4-16)27(24(21)30)19-9-7-18(26)8-10-19/h1-12,21-23,28-29H,13-14H2/t21-,22+,23-/m1/s1/i3D,4D,11D,12D. The molecule has 0 saturated carbocycles. The summed E-state index contributed by atoms with van der Waals surface area (Å²) in [5, 5.41) is 20.4. The van der Waals surface area contributed by atoms with E-state index in [9.17, 15) is 23.8 Å². The van der Waals surface area contributed by atoms with Crippen LogP contribution in [0.5, 0.6) is 5.75 Å². The summed E-state index contributed by atoms with van der Waals surface area (Å²) in [5.41, 5.74) is 0.712. The number of aliphatic hydroxyl groups excluding tert-OH is 1. The topological polar surface area (TPSA) is 60.8 Å². The maximum atomic E-state index is 13.4. The van der Waals surface area contributed by atoms with Gasteiger partial charge in [0.2, 0.25) is 5.91 Å². The van der Waals surface area contributed by atoms with Crippen molar-refractivity contribution in [1.29, 1.82) is 0 Å². The number of phenolic OH excluding ortho intramolecular Hbond substituents is 1. The van der Waals surface area contributed by atoms with E-state index < -0.39 is 59.6 Å². The first-order valence-corrected chi connectivity index (χ1v) is 9.43. The first-order valence-electron chi connectivity index (χ1n) is 11.4. The zero-order valence-electron chi connectivity index (χ0n) is 19.8. The zero-order valence-corrected chi connectivity index (χ0v) is 15.8. The Morgan fingerprint density at radius 2 is 1.53 bits per heavy atom. The van der Waals surface area contributed by atoms with Gasteiger partial charge in [-0.2, -0.15) is 0 Å². The molecule has 1 aliphatic rings. The number of halogens is 2. The van der Waals surface area contributed by atoms with E-state index in [-0.39, 0.29) is 24.3 Å². The monoisotopic (exact) mass is 413 g/mol. The van der Waals surface area contributed by atoms with E-state index in [4.69, 9.17) is 5.48 Å². The minimum atomic E-state index is -0.988. The molecule has 2 N–H and O–H groups in total. The highest BCUT2D eigenvalue weighted by Gasteiger charge is 2.48. The molecule has 0 aliphatic carbocycles. The highest BCUT2D eigenvalue weighted by Crippen LogP contribution is 2.46. The van der Waals surface area contributed by atoms with Crippen molar-refractivity contribution in [2.24, 2.45) is 5.92 Å². The lowest BCUT2D eigenvalue weighted by Crippen LogP contribution is -2.55. The van der Waals surface area contributed by atoms with E-state index in [2.05, 4.69) is 0 Å². The van der Waals surface area contributed by atoms with Crippen molar-refractivity contribution in [3.8, 4) is 5.75 Å². The van der Waals surface area contributed by atoms with Crippen molar-refractivity contribution < 1.29 is 29.3 Å². The van der Waals surface area contributed by atoms with Gasteiger partial charge in [0.05, 0.1) is 23.5 Å². The van der Waals surface area contributed by atoms with Gasteiger partial charge in [-0.25, -0.2) is 8.78 Å². The predicted molar refractivity (Wildman–Crippen MR) is 109 cm³/mol. The summed E-state index contributed by atoms with van der Waals surface area (Å²) in [4.78, 5) is 14.4. The minimum Gasteiger partial charge on any atom is -0.508 e. The lowest BCUT2D eigenvalue weighted by Gasteiger charge is -2.48. The van der Waals surface area contributed by atoms with Crippen LogP contribution < -0.4 is 4.90 Å². The molecule has 0 radical (unpaired) electrons. The summed E-state index contributed by atoms with van der Waals surface area (Å²) in [6.45, 7) is 0. The van der Waals surface area contributed by atoms with Gasteiger partial charge in [-0.3, -0.25) is 4.79 Å². The Bertz CT molecular complexity index is 1210. The molecular weight excluding hydrogens is 388 g/mol. The first kappa shape index (κ1) is 15.6. The first-order chi connectivity index (χ1) is 16.1. The van der Waals surface area contributed by atoms with Gasteiger partial charge in [0.15, 0.2) is 0 Å². The van der Waals surface area contributed by atoms with Crippen LogP contribution in [0.2, 0.25) is 0 Å². The molecule has 0 unspecified atom stereocenters. The number of hydrogen-bond donors (Lipinski definition) is 2. The van der Waals surface area contributed by atoms with Crippen LogP contribution in [0.3, 0.4) is 0 Å². The van der Waals surface area contributed by atoms with Crippen molar-refractivity contribution in [2.45, 2.75) is 25.0 Å². The maximum absolute atomic E-state index is 13.4. The van der Waals surface area contributed by atoms with Gasteiger partial charge in [-0.1, -0.05) is 24.2 Å². The average Bonchev–Trinajstić information content (AvgIpc) is 2.82. The van der Waals surface area contributed by atoms with Crippen molar-refractivity contribution in [1.82, 2.24) is 0 Å². The molecule has 0 aromatic heterocycles. The number of rotatable bonds is 6. The number of aliphatic hydroxyl groups is 1. The molecule has 30 heavy (non-hydrogen) atoms. The van der Waals surface area contributed by atoms with Crippen LogP contribution in [0.4, 0.5) is 14.5 Å². The third-order valence-corrected chi connectivity index (χ3v) is 5.25. The van der Waals surface area contributed by atoms with Gasteiger partial charge in [0.1, 0.15) is 17.4 Å². The minimum absolute atomic E-state index is 0.0713. The van der Waals surface area contributed by atoms with Crippen LogP contribution in [-0.2, 0) is 4.79 Å². The second-order valence-electron chi connectivity index (χ2n) is 7.14. The van der Waals surface area contributed by atoms with Crippen molar-refractivity contribution in [3.63, 3.8) is 0 Å². The third-order valence-electron chi connectivity index (χ3n) is 5.25. The van der Waals surface area contributed by atoms with Gasteiger partial charge in [-0.05, 0) is 72.5 Å². The molecular formula is C24H21F2NO3. The second kappa shape index (κ2) is 8.24. The number of β-lactam (4-membered cyclic amide) rings is 1. The molecule has 1 heterocycles. The molecule has 0 spiro atoms. The lowest BCUT2D eigenvalue weighted by atomic mass is 9.78. The Morgan fingerprint density at radius 3 is 2.13 bits per heavy atom. The van der Waals surface area contributed by atoms with Gasteiger partial charge in [0, 0.05) is 5.69 Å². The summed E-state index contributed by atoms with van der Waals surface area (Å²) in [7, 11) is 0. The molecule has 154 valence electrons. The number of carbonyl (C=O) groups excluding carboxylic acids is 1. The van der Waals surface area contributed by atoms with Crippen LogP contribution in [-0.4, -0.2) is 16.1 Å². The number of amides is 1. The number of nitrogens with zero attached hydrogens (tertiary/aromatic N) is 1. The fourth-order valence-electron chi connectivity index (χ4n) is 3.70. The molecule has 4 rings (SSSR count). The maximum Gasteiger partial charge on any atom is 0.233 e. The molecule has 3 aromatic rings. The molecule has 4 nitrogen and oxygen atoms in total. The van der Waals surface area contributed by atoms with Crippen molar-refractivity contribution in [3.05, 3.63) is 95.5 Å². The Labute approximate surface area is 178 Å². The molecule has 3 atom stereocenters. The predicted octanol–water partition coefficient (Wildman–Crippen LogP) is 4.89. The van der Waals surface area contributed by atoms with Gasteiger partial charge in [-0.15, -0.1) is 0 Å². The molecule has 0 bridgehead atoms. The fraction of sp³-hybridized carbons (Fsp3) is 0.208. The van der Waals surface area contributed by atoms with Crippen LogP contribution in [0.1, 0.15) is 41.6 Å². The van der Waals surface area contributed by atoms with E-state index in [0.29, 0.717) is 11.3 Å². The molecule has 6 heteroatoms. The fourth-order valence-corrected chi connectivity index (χ4v) is 3.70. The highest BCUT2D eigenvalue weighted by molar-refractivity contribution is 6.03. The second-order valence-corrected chi connectivity index (χ2v) is 7.14. The third kappa shape index (κ3) is 3.91. The van der Waals surface area contributed by atoms with Crippen molar-refractivity contribution >= 4 is 11.6 Å². The summed E-state index contributed by atoms with van der Waals surface area (Å²) >= 11 is 0. The van der Waals surface area contributed by atoms with E-state index in [1.165, 1.54) is 41.3 Å². The average molecular weight is 413 g/mol. The number of benzene rings is 3. The summed E-state index contributed by atoms with van der Waals surface area (Å²) in [6, 6.07) is 7.25. The van der Waals surface area contributed by atoms with Crippen LogP contribution in [0, 0.1) is 17.6 Å². The number of carbonyl (C=O) groups is 1. The lowest BCUT2D eigenvalue weighted by molar-refractivity contribution is -0.131. The van der Waals surface area contributed by atoms with Crippen LogP contribution in [0.25, 0.3) is 0 Å². The van der Waals surface area contributed by atoms with Gasteiger partial charge < -0.3 is 15.1 Å². The Balaban J connectivity index is 1.70. The molecule has 3 aromatic carbocycles. The number of aromatic hydroxyl groups is 1. The van der Waals surface area contributed by atoms with Gasteiger partial charge >= 0.3 is 0 Å². The quantitative estimate of drug-likeness (QED) is 0.566. The Morgan fingerprint density at radius 1 is 0.967 bits per heavy atom. The van der Waals surface area contributed by atoms with E-state index >= 15 is 0 Å². The van der Waals surface area contributed by atoms with E-state index in [0.717, 1.165) is 12.1 Å². The largest absolute Gasteiger partial charge is 0.508 e. The Hall–Kier alpha value is -3.25. The summed E-state index contributed by atoms with van der Waals surface area (Å²) in [6.07, 6.45) is -0.728. The van der Waals surface area contributed by atoms with E-state index in [1.54, 1.807) is 0 Å².